The molecule has 0 aliphatic heterocycles. The third kappa shape index (κ3) is 4.20. The summed E-state index contributed by atoms with van der Waals surface area (Å²) >= 11 is 7.36. The molecule has 0 saturated carbocycles. The first-order valence-corrected chi connectivity index (χ1v) is 6.08. The number of nitrogens with one attached hydrogen (secondary N) is 2. The third-order valence-electron chi connectivity index (χ3n) is 1.96. The minimum absolute atomic E-state index is 0.0204. The first-order chi connectivity index (χ1) is 7.13. The lowest BCUT2D eigenvalue weighted by molar-refractivity contribution is -0.120. The Bertz CT molecular complexity index is 327. The summed E-state index contributed by atoms with van der Waals surface area (Å²) < 4.78 is 0.775. The Balaban J connectivity index is 2.36. The van der Waals surface area contributed by atoms with E-state index in [2.05, 4.69) is 10.6 Å². The lowest BCUT2D eigenvalue weighted by Gasteiger charge is -2.11. The van der Waals surface area contributed by atoms with Crippen LogP contribution in [0.1, 0.15) is 24.8 Å². The minimum atomic E-state index is 0.0204. The summed E-state index contributed by atoms with van der Waals surface area (Å²) in [6, 6.07) is 4.00. The molecular formula is C10H15ClN2OS. The molecule has 1 heterocycles. The van der Waals surface area contributed by atoms with Crippen molar-refractivity contribution in [3.63, 3.8) is 0 Å². The molecule has 0 fully saturated rings. The average molecular weight is 247 g/mol. The molecule has 1 aromatic heterocycles. The van der Waals surface area contributed by atoms with Gasteiger partial charge in [0.05, 0.1) is 10.9 Å². The molecule has 0 spiro atoms. The predicted octanol–water partition coefficient (Wildman–Crippen LogP) is 2.19. The Morgan fingerprint density at radius 3 is 2.87 bits per heavy atom. The zero-order chi connectivity index (χ0) is 11.3. The molecule has 1 rings (SSSR count). The van der Waals surface area contributed by atoms with E-state index in [4.69, 9.17) is 11.6 Å². The smallest absolute Gasteiger partial charge is 0.233 e. The Labute approximate surface area is 98.8 Å². The number of carbonyl (C=O) groups excluding carboxylic acids is 1. The van der Waals surface area contributed by atoms with Crippen molar-refractivity contribution in [1.82, 2.24) is 10.6 Å². The molecule has 0 aliphatic carbocycles. The summed E-state index contributed by atoms with van der Waals surface area (Å²) in [5, 5.41) is 5.87. The fraction of sp³-hybridized carbons (Fsp3) is 0.500. The number of thiophene rings is 1. The van der Waals surface area contributed by atoms with Gasteiger partial charge in [-0.3, -0.25) is 4.79 Å². The molecule has 84 valence electrons. The minimum Gasteiger partial charge on any atom is -0.355 e. The van der Waals surface area contributed by atoms with E-state index in [1.165, 1.54) is 11.3 Å². The van der Waals surface area contributed by atoms with Gasteiger partial charge in [-0.05, 0) is 26.0 Å². The number of hydrogen-bond acceptors (Lipinski definition) is 3. The van der Waals surface area contributed by atoms with Gasteiger partial charge in [0, 0.05) is 17.5 Å². The van der Waals surface area contributed by atoms with E-state index in [0.717, 1.165) is 9.21 Å². The van der Waals surface area contributed by atoms with Crippen LogP contribution < -0.4 is 10.6 Å². The van der Waals surface area contributed by atoms with E-state index in [9.17, 15) is 4.79 Å². The zero-order valence-electron chi connectivity index (χ0n) is 8.84. The maximum Gasteiger partial charge on any atom is 0.233 e. The van der Waals surface area contributed by atoms with Crippen LogP contribution in [0.4, 0.5) is 0 Å². The van der Waals surface area contributed by atoms with Crippen molar-refractivity contribution in [3.8, 4) is 0 Å². The van der Waals surface area contributed by atoms with Gasteiger partial charge in [-0.25, -0.2) is 0 Å². The SMILES string of the molecule is CCNC(=O)CNC(C)c1ccc(Cl)s1. The fourth-order valence-corrected chi connectivity index (χ4v) is 2.25. The van der Waals surface area contributed by atoms with Crippen molar-refractivity contribution < 1.29 is 4.79 Å². The molecule has 0 aliphatic rings. The lowest BCUT2D eigenvalue weighted by Crippen LogP contribution is -2.34. The van der Waals surface area contributed by atoms with Crippen LogP contribution in [0.3, 0.4) is 0 Å². The largest absolute Gasteiger partial charge is 0.355 e. The second-order valence-electron chi connectivity index (χ2n) is 3.20. The number of hydrogen-bond donors (Lipinski definition) is 2. The number of halogens is 1. The number of amides is 1. The van der Waals surface area contributed by atoms with E-state index in [-0.39, 0.29) is 11.9 Å². The zero-order valence-corrected chi connectivity index (χ0v) is 10.4. The summed E-state index contributed by atoms with van der Waals surface area (Å²) in [6.45, 7) is 4.92. The number of rotatable bonds is 5. The molecule has 0 bridgehead atoms. The van der Waals surface area contributed by atoms with Crippen molar-refractivity contribution in [1.29, 1.82) is 0 Å². The van der Waals surface area contributed by atoms with Gasteiger partial charge in [0.25, 0.3) is 0 Å². The first-order valence-electron chi connectivity index (χ1n) is 4.88. The van der Waals surface area contributed by atoms with Crippen molar-refractivity contribution in [2.45, 2.75) is 19.9 Å². The molecule has 5 heteroatoms. The molecular weight excluding hydrogens is 232 g/mol. The highest BCUT2D eigenvalue weighted by Gasteiger charge is 2.08. The van der Waals surface area contributed by atoms with Crippen LogP contribution in [-0.4, -0.2) is 19.0 Å². The van der Waals surface area contributed by atoms with Crippen molar-refractivity contribution in [2.24, 2.45) is 0 Å². The summed E-state index contributed by atoms with van der Waals surface area (Å²) in [4.78, 5) is 12.3. The van der Waals surface area contributed by atoms with Gasteiger partial charge in [0.15, 0.2) is 0 Å². The van der Waals surface area contributed by atoms with Crippen LogP contribution in [0, 0.1) is 0 Å². The van der Waals surface area contributed by atoms with Gasteiger partial charge < -0.3 is 10.6 Å². The number of likely N-dealkylation sites (N-methyl/N-ethyl adjacent to an activating group) is 1. The summed E-state index contributed by atoms with van der Waals surface area (Å²) in [6.07, 6.45) is 0. The highest BCUT2D eigenvalue weighted by Crippen LogP contribution is 2.26. The van der Waals surface area contributed by atoms with Crippen LogP contribution in [0.5, 0.6) is 0 Å². The van der Waals surface area contributed by atoms with Crippen LogP contribution in [0.2, 0.25) is 4.34 Å². The first kappa shape index (κ1) is 12.5. The van der Waals surface area contributed by atoms with E-state index >= 15 is 0 Å². The fourth-order valence-electron chi connectivity index (χ4n) is 1.17. The summed E-state index contributed by atoms with van der Waals surface area (Å²) in [7, 11) is 0. The van der Waals surface area contributed by atoms with Gasteiger partial charge in [-0.2, -0.15) is 0 Å². The predicted molar refractivity (Wildman–Crippen MR) is 64.4 cm³/mol. The van der Waals surface area contributed by atoms with Crippen molar-refractivity contribution in [3.05, 3.63) is 21.3 Å². The van der Waals surface area contributed by atoms with Gasteiger partial charge in [0.2, 0.25) is 5.91 Å². The maximum absolute atomic E-state index is 11.2. The Morgan fingerprint density at radius 2 is 2.33 bits per heavy atom. The topological polar surface area (TPSA) is 41.1 Å². The Kier molecular flexibility index (Phi) is 5.08. The molecule has 1 unspecified atom stereocenters. The second-order valence-corrected chi connectivity index (χ2v) is 4.94. The molecule has 1 atom stereocenters. The highest BCUT2D eigenvalue weighted by molar-refractivity contribution is 7.16. The molecule has 3 nitrogen and oxygen atoms in total. The quantitative estimate of drug-likeness (QED) is 0.836. The molecule has 0 radical (unpaired) electrons. The standard InChI is InChI=1S/C10H15ClN2OS/c1-3-12-10(14)6-13-7(2)8-4-5-9(11)15-8/h4-5,7,13H,3,6H2,1-2H3,(H,12,14). The molecule has 0 aromatic carbocycles. The van der Waals surface area contributed by atoms with Gasteiger partial charge in [0.1, 0.15) is 0 Å². The number of carbonyl (C=O) groups is 1. The lowest BCUT2D eigenvalue weighted by atomic mass is 10.3. The van der Waals surface area contributed by atoms with Gasteiger partial charge >= 0.3 is 0 Å². The Hall–Kier alpha value is -0.580. The molecule has 1 amide bonds. The average Bonchev–Trinajstić information content (AvgIpc) is 2.62. The molecule has 15 heavy (non-hydrogen) atoms. The van der Waals surface area contributed by atoms with Gasteiger partial charge in [-0.1, -0.05) is 11.6 Å². The monoisotopic (exact) mass is 246 g/mol. The second kappa shape index (κ2) is 6.10. The van der Waals surface area contributed by atoms with Crippen LogP contribution in [0.25, 0.3) is 0 Å². The highest BCUT2D eigenvalue weighted by atomic mass is 35.5. The summed E-state index contributed by atoms with van der Waals surface area (Å²) in [5.41, 5.74) is 0. The van der Waals surface area contributed by atoms with Crippen molar-refractivity contribution in [2.75, 3.05) is 13.1 Å². The van der Waals surface area contributed by atoms with Crippen LogP contribution in [0.15, 0.2) is 12.1 Å². The maximum atomic E-state index is 11.2. The molecule has 1 aromatic rings. The molecule has 0 saturated heterocycles. The van der Waals surface area contributed by atoms with E-state index in [0.29, 0.717) is 13.1 Å². The van der Waals surface area contributed by atoms with E-state index in [1.54, 1.807) is 0 Å². The van der Waals surface area contributed by atoms with Gasteiger partial charge in [-0.15, -0.1) is 11.3 Å². The third-order valence-corrected chi connectivity index (χ3v) is 3.38. The van der Waals surface area contributed by atoms with Crippen LogP contribution in [-0.2, 0) is 4.79 Å². The Morgan fingerprint density at radius 1 is 1.60 bits per heavy atom. The normalized spacial score (nSPS) is 12.5. The summed E-state index contributed by atoms with van der Waals surface area (Å²) in [5.74, 6) is 0.0204. The van der Waals surface area contributed by atoms with E-state index < -0.39 is 0 Å². The van der Waals surface area contributed by atoms with Crippen LogP contribution >= 0.6 is 22.9 Å². The van der Waals surface area contributed by atoms with E-state index in [1.807, 2.05) is 26.0 Å². The van der Waals surface area contributed by atoms with Crippen molar-refractivity contribution >= 4 is 28.8 Å². The molecule has 2 N–H and O–H groups in total.